The van der Waals surface area contributed by atoms with Gasteiger partial charge in [0.15, 0.2) is 5.82 Å². The summed E-state index contributed by atoms with van der Waals surface area (Å²) in [4.78, 5) is 25.5. The molecule has 0 saturated heterocycles. The second kappa shape index (κ2) is 9.70. The summed E-state index contributed by atoms with van der Waals surface area (Å²) < 4.78 is 0. The van der Waals surface area contributed by atoms with Gasteiger partial charge in [0.05, 0.1) is 18.1 Å². The van der Waals surface area contributed by atoms with E-state index in [1.54, 1.807) is 18.3 Å². The Labute approximate surface area is 206 Å². The van der Waals surface area contributed by atoms with E-state index in [4.69, 9.17) is 23.2 Å². The van der Waals surface area contributed by atoms with E-state index in [9.17, 15) is 4.79 Å². The van der Waals surface area contributed by atoms with Gasteiger partial charge in [-0.2, -0.15) is 4.98 Å². The third-order valence-electron chi connectivity index (χ3n) is 5.57. The third-order valence-corrected chi connectivity index (χ3v) is 6.07. The molecule has 1 aliphatic heterocycles. The van der Waals surface area contributed by atoms with E-state index in [0.717, 1.165) is 41.9 Å². The van der Waals surface area contributed by atoms with Crippen LogP contribution in [0.25, 0.3) is 0 Å². The number of fused-ring (bicyclic) bond motifs is 6. The van der Waals surface area contributed by atoms with E-state index in [-0.39, 0.29) is 6.03 Å². The van der Waals surface area contributed by atoms with Crippen LogP contribution < -0.4 is 21.3 Å². The van der Waals surface area contributed by atoms with Gasteiger partial charge in [-0.05, 0) is 67.2 Å². The number of nitrogens with zero attached hydrogens (tertiary/aromatic N) is 3. The summed E-state index contributed by atoms with van der Waals surface area (Å²) in [7, 11) is 0. The molecular formula is C24H21Cl2N7O. The van der Waals surface area contributed by atoms with Gasteiger partial charge in [-0.15, -0.1) is 0 Å². The molecule has 1 atom stereocenters. The normalized spacial score (nSPS) is 16.5. The van der Waals surface area contributed by atoms with E-state index < -0.39 is 0 Å². The predicted molar refractivity (Wildman–Crippen MR) is 136 cm³/mol. The van der Waals surface area contributed by atoms with Crippen LogP contribution in [-0.2, 0) is 6.42 Å². The zero-order valence-corrected chi connectivity index (χ0v) is 19.5. The number of pyridine rings is 1. The highest BCUT2D eigenvalue weighted by atomic mass is 35.5. The van der Waals surface area contributed by atoms with Crippen LogP contribution in [0, 0.1) is 5.92 Å². The Kier molecular flexibility index (Phi) is 6.33. The fourth-order valence-electron chi connectivity index (χ4n) is 3.91. The number of hydrogen-bond acceptors (Lipinski definition) is 6. The lowest BCUT2D eigenvalue weighted by atomic mass is 9.91. The number of carbonyl (C=O) groups excluding carboxylic acids is 1. The largest absolute Gasteiger partial charge is 0.339 e. The number of urea groups is 1. The Morgan fingerprint density at radius 1 is 1.06 bits per heavy atom. The zero-order valence-electron chi connectivity index (χ0n) is 18.0. The van der Waals surface area contributed by atoms with E-state index in [1.165, 1.54) is 6.20 Å². The number of nitrogens with one attached hydrogen (secondary N) is 4. The molecular weight excluding hydrogens is 473 g/mol. The van der Waals surface area contributed by atoms with Crippen LogP contribution in [0.2, 0.25) is 10.2 Å². The van der Waals surface area contributed by atoms with Crippen LogP contribution in [0.3, 0.4) is 0 Å². The number of amides is 2. The summed E-state index contributed by atoms with van der Waals surface area (Å²) in [5.74, 6) is 1.33. The highest BCUT2D eigenvalue weighted by molar-refractivity contribution is 6.33. The minimum atomic E-state index is -0.362. The molecule has 8 nitrogen and oxygen atoms in total. The van der Waals surface area contributed by atoms with E-state index >= 15 is 0 Å². The van der Waals surface area contributed by atoms with Crippen LogP contribution in [0.15, 0.2) is 66.7 Å². The molecule has 2 amide bonds. The van der Waals surface area contributed by atoms with Gasteiger partial charge in [0.25, 0.3) is 0 Å². The van der Waals surface area contributed by atoms with Gasteiger partial charge in [0, 0.05) is 17.1 Å². The summed E-state index contributed by atoms with van der Waals surface area (Å²) in [6, 6.07) is 8.70. The monoisotopic (exact) mass is 493 g/mol. The number of carbonyl (C=O) groups is 1. The van der Waals surface area contributed by atoms with Crippen LogP contribution in [0.4, 0.5) is 33.6 Å². The molecule has 3 heterocycles. The van der Waals surface area contributed by atoms with Crippen molar-refractivity contribution in [1.29, 1.82) is 0 Å². The van der Waals surface area contributed by atoms with Gasteiger partial charge in [-0.25, -0.2) is 14.8 Å². The molecule has 2 aromatic heterocycles. The Morgan fingerprint density at radius 2 is 1.97 bits per heavy atom. The first-order chi connectivity index (χ1) is 16.5. The molecule has 0 radical (unpaired) electrons. The molecule has 4 N–H and O–H groups in total. The highest BCUT2D eigenvalue weighted by Gasteiger charge is 2.17. The minimum Gasteiger partial charge on any atom is -0.339 e. The van der Waals surface area contributed by atoms with Crippen molar-refractivity contribution in [3.63, 3.8) is 0 Å². The van der Waals surface area contributed by atoms with Gasteiger partial charge in [0.2, 0.25) is 5.95 Å². The van der Waals surface area contributed by atoms with Gasteiger partial charge in [-0.3, -0.25) is 0 Å². The lowest BCUT2D eigenvalue weighted by molar-refractivity contribution is 0.262. The van der Waals surface area contributed by atoms with E-state index in [0.29, 0.717) is 33.5 Å². The standard InChI is InChI=1S/C24H21Cl2N7O/c25-19-13-28-23-30-16-3-1-2-14(10-16)4-5-15-11-17(29-22(19)33-23)6-8-20(15)32-24(34)31-18-7-9-21(26)27-12-18/h1-3,6-9,11-14H,4-5,10H2,(H2,31,32,34)(H2,28,29,30,33). The van der Waals surface area contributed by atoms with Crippen LogP contribution >= 0.6 is 23.2 Å². The fourth-order valence-corrected chi connectivity index (χ4v) is 4.16. The third kappa shape index (κ3) is 5.30. The molecule has 0 spiro atoms. The number of halogens is 2. The topological polar surface area (TPSA) is 104 Å². The van der Waals surface area contributed by atoms with Crippen molar-refractivity contribution in [3.05, 3.63) is 82.4 Å². The van der Waals surface area contributed by atoms with E-state index in [1.807, 2.05) is 24.3 Å². The Balaban J connectivity index is 1.42. The first-order valence-electron chi connectivity index (χ1n) is 10.8. The number of hydrogen-bond donors (Lipinski definition) is 4. The quantitative estimate of drug-likeness (QED) is 0.308. The molecule has 1 unspecified atom stereocenters. The molecule has 0 fully saturated rings. The Bertz CT molecular complexity index is 1290. The maximum atomic E-state index is 12.6. The van der Waals surface area contributed by atoms with E-state index in [2.05, 4.69) is 48.4 Å². The first kappa shape index (κ1) is 22.2. The van der Waals surface area contributed by atoms with Crippen molar-refractivity contribution in [2.75, 3.05) is 21.3 Å². The van der Waals surface area contributed by atoms with Crippen molar-refractivity contribution in [1.82, 2.24) is 15.0 Å². The average molecular weight is 494 g/mol. The Morgan fingerprint density at radius 3 is 2.82 bits per heavy atom. The maximum Gasteiger partial charge on any atom is 0.323 e. The van der Waals surface area contributed by atoms with Crippen LogP contribution in [0.5, 0.6) is 0 Å². The van der Waals surface area contributed by atoms with Gasteiger partial charge >= 0.3 is 6.03 Å². The van der Waals surface area contributed by atoms with Crippen molar-refractivity contribution >= 4 is 58.1 Å². The molecule has 3 aromatic rings. The van der Waals surface area contributed by atoms with Gasteiger partial charge in [-0.1, -0.05) is 35.4 Å². The molecule has 2 aliphatic rings. The highest BCUT2D eigenvalue weighted by Crippen LogP contribution is 2.31. The first-order valence-corrected chi connectivity index (χ1v) is 11.5. The van der Waals surface area contributed by atoms with Crippen molar-refractivity contribution < 1.29 is 4.79 Å². The predicted octanol–water partition coefficient (Wildman–Crippen LogP) is 6.38. The number of benzene rings is 1. The second-order valence-corrected chi connectivity index (χ2v) is 8.83. The summed E-state index contributed by atoms with van der Waals surface area (Å²) >= 11 is 12.2. The van der Waals surface area contributed by atoms with Gasteiger partial charge < -0.3 is 21.3 Å². The van der Waals surface area contributed by atoms with Crippen molar-refractivity contribution in [2.45, 2.75) is 19.3 Å². The van der Waals surface area contributed by atoms with Crippen LogP contribution in [-0.4, -0.2) is 21.0 Å². The lowest BCUT2D eigenvalue weighted by Crippen LogP contribution is -2.20. The summed E-state index contributed by atoms with van der Waals surface area (Å²) in [6.45, 7) is 0. The number of aryl methyl sites for hydroxylation is 1. The summed E-state index contributed by atoms with van der Waals surface area (Å²) in [5.41, 5.74) is 4.13. The molecule has 34 heavy (non-hydrogen) atoms. The summed E-state index contributed by atoms with van der Waals surface area (Å²) in [5, 5.41) is 13.1. The van der Waals surface area contributed by atoms with Crippen molar-refractivity contribution in [2.24, 2.45) is 5.92 Å². The average Bonchev–Trinajstić information content (AvgIpc) is 2.83. The molecule has 10 heteroatoms. The molecule has 1 aromatic carbocycles. The summed E-state index contributed by atoms with van der Waals surface area (Å²) in [6.07, 6.45) is 11.9. The maximum absolute atomic E-state index is 12.6. The molecule has 6 bridgehead atoms. The smallest absolute Gasteiger partial charge is 0.323 e. The number of anilines is 5. The van der Waals surface area contributed by atoms with Gasteiger partial charge in [0.1, 0.15) is 10.2 Å². The minimum absolute atomic E-state index is 0.346. The molecule has 1 aliphatic carbocycles. The molecule has 172 valence electrons. The second-order valence-electron chi connectivity index (χ2n) is 8.04. The Hall–Kier alpha value is -3.62. The number of allylic oxidation sites excluding steroid dienone is 4. The molecule has 5 rings (SSSR count). The lowest BCUT2D eigenvalue weighted by Gasteiger charge is -2.20. The number of aromatic nitrogens is 3. The fraction of sp³-hybridized carbons (Fsp3) is 0.167. The molecule has 0 saturated carbocycles. The van der Waals surface area contributed by atoms with Crippen LogP contribution in [0.1, 0.15) is 18.4 Å². The SMILES string of the molecule is O=C(Nc1ccc(Cl)nc1)Nc1ccc2cc1CCC1C=CC=C(C1)Nc1ncc(Cl)c(n1)N2. The van der Waals surface area contributed by atoms with Crippen molar-refractivity contribution in [3.8, 4) is 0 Å². The number of rotatable bonds is 2. The zero-order chi connectivity index (χ0) is 23.5.